The van der Waals surface area contributed by atoms with Crippen molar-refractivity contribution in [2.75, 3.05) is 18.8 Å². The first kappa shape index (κ1) is 30.0. The normalized spacial score (nSPS) is 13.6. The predicted molar refractivity (Wildman–Crippen MR) is 173 cm³/mol. The summed E-state index contributed by atoms with van der Waals surface area (Å²) in [7, 11) is 2.00. The second-order valence-corrected chi connectivity index (χ2v) is 9.97. The molecule has 0 unspecified atom stereocenters. The fourth-order valence-electron chi connectivity index (χ4n) is 4.88. The Balaban J connectivity index is 0.000000728. The van der Waals surface area contributed by atoms with Gasteiger partial charge in [-0.2, -0.15) is 0 Å². The van der Waals surface area contributed by atoms with Crippen molar-refractivity contribution in [1.82, 2.24) is 24.4 Å². The van der Waals surface area contributed by atoms with Gasteiger partial charge >= 0.3 is 0 Å². The molecule has 5 aromatic rings. The van der Waals surface area contributed by atoms with Gasteiger partial charge in [-0.3, -0.25) is 9.47 Å². The summed E-state index contributed by atoms with van der Waals surface area (Å²) in [6.45, 7) is 11.0. The van der Waals surface area contributed by atoms with Crippen LogP contribution in [-0.2, 0) is 6.54 Å². The summed E-state index contributed by atoms with van der Waals surface area (Å²) in [5.74, 6) is 1.17. The summed E-state index contributed by atoms with van der Waals surface area (Å²) in [5, 5.41) is 0. The van der Waals surface area contributed by atoms with Gasteiger partial charge in [0, 0.05) is 30.0 Å². The van der Waals surface area contributed by atoms with Crippen LogP contribution in [-0.4, -0.2) is 50.8 Å². The Labute approximate surface area is 244 Å². The largest absolute Gasteiger partial charge is 0.383 e. The molecule has 0 spiro atoms. The van der Waals surface area contributed by atoms with Gasteiger partial charge in [-0.05, 0) is 67.9 Å². The Morgan fingerprint density at radius 3 is 2.20 bits per heavy atom. The van der Waals surface area contributed by atoms with E-state index in [1.807, 2.05) is 77.2 Å². The van der Waals surface area contributed by atoms with Gasteiger partial charge in [0.2, 0.25) is 0 Å². The number of nitrogen functional groups attached to an aromatic ring is 1. The molecule has 3 aromatic heterocycles. The van der Waals surface area contributed by atoms with Gasteiger partial charge < -0.3 is 11.5 Å². The third kappa shape index (κ3) is 7.20. The van der Waals surface area contributed by atoms with E-state index in [1.54, 1.807) is 6.20 Å². The molecular formula is C33H41BN7. The average Bonchev–Trinajstić information content (AvgIpc) is 3.39. The second kappa shape index (κ2) is 14.6. The fraction of sp³-hybridized carbons (Fsp3) is 0.303. The zero-order valence-corrected chi connectivity index (χ0v) is 24.7. The molecule has 6 rings (SSSR count). The molecule has 0 atom stereocenters. The minimum Gasteiger partial charge on any atom is -0.383 e. The van der Waals surface area contributed by atoms with Gasteiger partial charge in [0.25, 0.3) is 0 Å². The van der Waals surface area contributed by atoms with Gasteiger partial charge in [-0.1, -0.05) is 70.0 Å². The summed E-state index contributed by atoms with van der Waals surface area (Å²) in [6, 6.07) is 27.0. The number of piperidine rings is 1. The lowest BCUT2D eigenvalue weighted by Gasteiger charge is -2.30. The van der Waals surface area contributed by atoms with Crippen LogP contribution < -0.4 is 11.5 Å². The first-order valence-electron chi connectivity index (χ1n) is 14.5. The number of nitrogens with two attached hydrogens (primary N) is 2. The van der Waals surface area contributed by atoms with E-state index in [4.69, 9.17) is 21.4 Å². The Kier molecular flexibility index (Phi) is 10.7. The first-order valence-corrected chi connectivity index (χ1v) is 14.5. The number of nitrogens with zero attached hydrogens (tertiary/aromatic N) is 5. The molecule has 7 nitrogen and oxygen atoms in total. The third-order valence-electron chi connectivity index (χ3n) is 6.89. The van der Waals surface area contributed by atoms with Gasteiger partial charge in [-0.25, -0.2) is 15.0 Å². The maximum absolute atomic E-state index is 6.28. The topological polar surface area (TPSA) is 98.9 Å². The van der Waals surface area contributed by atoms with Crippen molar-refractivity contribution in [3.8, 4) is 28.3 Å². The van der Waals surface area contributed by atoms with Crippen molar-refractivity contribution >= 4 is 24.3 Å². The number of hydrogen-bond acceptors (Lipinski definition) is 6. The summed E-state index contributed by atoms with van der Waals surface area (Å²) < 4.78 is 2.08. The SMILES string of the molecule is CC.C[B]C.Nc1ncccc1-c1nc2ccc(-c3ccccc3)nc2n1-c1ccc(CN2CCC(N)CC2)cc1. The first-order chi connectivity index (χ1) is 20.1. The zero-order chi connectivity index (χ0) is 29.2. The number of likely N-dealkylation sites (tertiary alicyclic amines) is 1. The monoisotopic (exact) mass is 546 g/mol. The number of hydrogen-bond donors (Lipinski definition) is 2. The summed E-state index contributed by atoms with van der Waals surface area (Å²) in [4.78, 5) is 16.8. The molecule has 1 aliphatic heterocycles. The number of pyridine rings is 2. The van der Waals surface area contributed by atoms with E-state index in [0.717, 1.165) is 72.0 Å². The molecule has 41 heavy (non-hydrogen) atoms. The Morgan fingerprint density at radius 1 is 0.854 bits per heavy atom. The van der Waals surface area contributed by atoms with Crippen LogP contribution in [0, 0.1) is 0 Å². The number of rotatable bonds is 5. The number of anilines is 1. The molecule has 1 radical (unpaired) electrons. The highest BCUT2D eigenvalue weighted by molar-refractivity contribution is 6.31. The van der Waals surface area contributed by atoms with Crippen molar-refractivity contribution in [2.45, 2.75) is 52.9 Å². The lowest BCUT2D eigenvalue weighted by atomic mass is 9.88. The number of fused-ring (bicyclic) bond motifs is 1. The number of imidazole rings is 1. The molecule has 4 heterocycles. The smallest absolute Gasteiger partial charge is 0.165 e. The van der Waals surface area contributed by atoms with Crippen LogP contribution in [0.4, 0.5) is 5.82 Å². The van der Waals surface area contributed by atoms with Crippen LogP contribution in [0.15, 0.2) is 85.1 Å². The van der Waals surface area contributed by atoms with Crippen LogP contribution in [0.2, 0.25) is 13.6 Å². The lowest BCUT2D eigenvalue weighted by molar-refractivity contribution is 0.205. The van der Waals surface area contributed by atoms with Gasteiger partial charge in [0.15, 0.2) is 11.5 Å². The van der Waals surface area contributed by atoms with E-state index in [0.29, 0.717) is 11.9 Å². The Bertz CT molecular complexity index is 1510. The minimum absolute atomic E-state index is 0.338. The highest BCUT2D eigenvalue weighted by atomic mass is 15.1. The van der Waals surface area contributed by atoms with Crippen molar-refractivity contribution in [2.24, 2.45) is 5.73 Å². The van der Waals surface area contributed by atoms with Crippen LogP contribution in [0.3, 0.4) is 0 Å². The molecular weight excluding hydrogens is 505 g/mol. The van der Waals surface area contributed by atoms with E-state index in [1.165, 1.54) is 5.56 Å². The fourth-order valence-corrected chi connectivity index (χ4v) is 4.88. The molecule has 0 amide bonds. The van der Waals surface area contributed by atoms with Gasteiger partial charge in [-0.15, -0.1) is 0 Å². The van der Waals surface area contributed by atoms with Crippen LogP contribution in [0.1, 0.15) is 32.3 Å². The summed E-state index contributed by atoms with van der Waals surface area (Å²) in [5.41, 5.74) is 19.0. The quantitative estimate of drug-likeness (QED) is 0.245. The lowest BCUT2D eigenvalue weighted by Crippen LogP contribution is -2.39. The van der Waals surface area contributed by atoms with Crippen LogP contribution in [0.5, 0.6) is 0 Å². The van der Waals surface area contributed by atoms with Crippen LogP contribution >= 0.6 is 0 Å². The molecule has 1 fully saturated rings. The molecule has 0 bridgehead atoms. The van der Waals surface area contributed by atoms with Gasteiger partial charge in [0.05, 0.1) is 11.3 Å². The van der Waals surface area contributed by atoms with E-state index in [2.05, 4.69) is 50.8 Å². The molecule has 211 valence electrons. The summed E-state index contributed by atoms with van der Waals surface area (Å²) in [6.07, 6.45) is 3.81. The highest BCUT2D eigenvalue weighted by Gasteiger charge is 2.19. The van der Waals surface area contributed by atoms with Crippen LogP contribution in [0.25, 0.3) is 39.5 Å². The molecule has 4 N–H and O–H groups in total. The Hall–Kier alpha value is -4.01. The summed E-state index contributed by atoms with van der Waals surface area (Å²) >= 11 is 0. The van der Waals surface area contributed by atoms with E-state index in [9.17, 15) is 0 Å². The molecule has 0 aliphatic carbocycles. The minimum atomic E-state index is 0.338. The van der Waals surface area contributed by atoms with Crippen molar-refractivity contribution in [1.29, 1.82) is 0 Å². The highest BCUT2D eigenvalue weighted by Crippen LogP contribution is 2.31. The zero-order valence-electron chi connectivity index (χ0n) is 24.7. The third-order valence-corrected chi connectivity index (χ3v) is 6.89. The number of aromatic nitrogens is 4. The average molecular weight is 547 g/mol. The van der Waals surface area contributed by atoms with E-state index >= 15 is 0 Å². The second-order valence-electron chi connectivity index (χ2n) is 9.97. The molecule has 0 saturated carbocycles. The van der Waals surface area contributed by atoms with Crippen molar-refractivity contribution < 1.29 is 0 Å². The van der Waals surface area contributed by atoms with Gasteiger partial charge in [0.1, 0.15) is 18.6 Å². The predicted octanol–water partition coefficient (Wildman–Crippen LogP) is 6.47. The standard InChI is InChI=1S/C29H29N7.C2H6B.C2H6/c30-22-14-17-35(18-15-22)19-20-8-10-23(11-9-20)36-28(24-7-4-16-32-27(24)31)34-26-13-12-25(33-29(26)36)21-5-2-1-3-6-21;1-3-2;1-2/h1-13,16,22H,14-15,17-19,30H2,(H2,31,32);1-2H3;1-2H3. The number of benzene rings is 2. The maximum Gasteiger partial charge on any atom is 0.165 e. The van der Waals surface area contributed by atoms with Crippen molar-refractivity contribution in [3.63, 3.8) is 0 Å². The molecule has 8 heteroatoms. The molecule has 1 saturated heterocycles. The maximum atomic E-state index is 6.28. The van der Waals surface area contributed by atoms with E-state index in [-0.39, 0.29) is 0 Å². The Morgan fingerprint density at radius 2 is 1.54 bits per heavy atom. The van der Waals surface area contributed by atoms with E-state index < -0.39 is 0 Å². The molecule has 1 aliphatic rings. The van der Waals surface area contributed by atoms with Crippen molar-refractivity contribution in [3.05, 3.63) is 90.6 Å². The molecule has 2 aromatic carbocycles.